The Labute approximate surface area is 185 Å². The Balaban J connectivity index is 1.61. The van der Waals surface area contributed by atoms with Crippen LogP contribution in [0.4, 0.5) is 17.6 Å². The highest BCUT2D eigenvalue weighted by Gasteiger charge is 2.21. The predicted octanol–water partition coefficient (Wildman–Crippen LogP) is 4.11. The molecule has 6 nitrogen and oxygen atoms in total. The zero-order valence-corrected chi connectivity index (χ0v) is 19.1. The van der Waals surface area contributed by atoms with Gasteiger partial charge in [0.2, 0.25) is 5.95 Å². The average molecular weight is 425 g/mol. The van der Waals surface area contributed by atoms with Crippen LogP contribution in [0.1, 0.15) is 51.2 Å². The molecule has 2 aliphatic rings. The topological polar surface area (TPSA) is 56.3 Å². The van der Waals surface area contributed by atoms with Gasteiger partial charge >= 0.3 is 0 Å². The summed E-state index contributed by atoms with van der Waals surface area (Å²) in [6.07, 6.45) is 4.75. The molecule has 30 heavy (non-hydrogen) atoms. The Hall–Kier alpha value is -2.41. The maximum atomic E-state index is 5.51. The number of hydrogen-bond donors (Lipinski definition) is 2. The molecular formula is C23H32N6S. The van der Waals surface area contributed by atoms with Crippen molar-refractivity contribution in [2.75, 3.05) is 34.8 Å². The Kier molecular flexibility index (Phi) is 6.09. The number of thiocarbonyl (C=S) groups is 1. The fourth-order valence-electron chi connectivity index (χ4n) is 4.09. The molecule has 0 bridgehead atoms. The van der Waals surface area contributed by atoms with E-state index in [9.17, 15) is 0 Å². The Morgan fingerprint density at radius 2 is 1.60 bits per heavy atom. The van der Waals surface area contributed by atoms with Crippen molar-refractivity contribution in [2.45, 2.75) is 58.5 Å². The second-order valence-corrected chi connectivity index (χ2v) is 9.63. The van der Waals surface area contributed by atoms with Crippen molar-refractivity contribution in [3.05, 3.63) is 41.5 Å². The number of benzene rings is 1. The largest absolute Gasteiger partial charge is 0.358 e. The number of aromatic nitrogens is 2. The number of nitrogens with one attached hydrogen (secondary N) is 2. The summed E-state index contributed by atoms with van der Waals surface area (Å²) in [6, 6.07) is 10.8. The van der Waals surface area contributed by atoms with E-state index in [1.807, 2.05) is 0 Å². The van der Waals surface area contributed by atoms with Gasteiger partial charge in [-0.15, -0.1) is 0 Å². The van der Waals surface area contributed by atoms with E-state index in [4.69, 9.17) is 22.2 Å². The van der Waals surface area contributed by atoms with Gasteiger partial charge in [-0.05, 0) is 69.8 Å². The standard InChI is InChI=1S/C23H32N6S/c1-23(2,3)27-22(30)26-21-24-19(28-12-7-4-8-13-28)15-20(25-21)29-14-11-17-9-5-6-10-18(17)16-29/h5-6,9-10,15H,4,7-8,11-14,16H2,1-3H3,(H2,24,25,26,27,30). The Morgan fingerprint density at radius 1 is 0.933 bits per heavy atom. The van der Waals surface area contributed by atoms with E-state index < -0.39 is 0 Å². The molecule has 4 rings (SSSR count). The molecule has 2 N–H and O–H groups in total. The molecule has 2 aliphatic heterocycles. The summed E-state index contributed by atoms with van der Waals surface area (Å²) in [6.45, 7) is 10.2. The van der Waals surface area contributed by atoms with Crippen LogP contribution in [-0.4, -0.2) is 40.3 Å². The molecule has 0 amide bonds. The van der Waals surface area contributed by atoms with E-state index in [0.717, 1.165) is 44.2 Å². The van der Waals surface area contributed by atoms with Gasteiger partial charge in [0.1, 0.15) is 11.6 Å². The Morgan fingerprint density at radius 3 is 2.30 bits per heavy atom. The van der Waals surface area contributed by atoms with Crippen LogP contribution >= 0.6 is 12.2 Å². The minimum atomic E-state index is -0.117. The van der Waals surface area contributed by atoms with E-state index in [-0.39, 0.29) is 5.54 Å². The summed E-state index contributed by atoms with van der Waals surface area (Å²) in [5.41, 5.74) is 2.70. The lowest BCUT2D eigenvalue weighted by molar-refractivity contribution is 0.514. The summed E-state index contributed by atoms with van der Waals surface area (Å²) in [7, 11) is 0. The monoisotopic (exact) mass is 424 g/mol. The minimum Gasteiger partial charge on any atom is -0.358 e. The molecule has 160 valence electrons. The van der Waals surface area contributed by atoms with Crippen molar-refractivity contribution >= 4 is 34.9 Å². The molecule has 0 unspecified atom stereocenters. The normalized spacial score (nSPS) is 16.8. The van der Waals surface area contributed by atoms with Crippen LogP contribution in [0.25, 0.3) is 0 Å². The lowest BCUT2D eigenvalue weighted by atomic mass is 10.00. The molecule has 2 aromatic rings. The first-order valence-corrected chi connectivity index (χ1v) is 11.3. The van der Waals surface area contributed by atoms with Crippen LogP contribution in [0.3, 0.4) is 0 Å². The van der Waals surface area contributed by atoms with Gasteiger partial charge in [0.15, 0.2) is 5.11 Å². The van der Waals surface area contributed by atoms with Crippen LogP contribution in [-0.2, 0) is 13.0 Å². The molecule has 1 fully saturated rings. The van der Waals surface area contributed by atoms with Crippen LogP contribution in [0.2, 0.25) is 0 Å². The van der Waals surface area contributed by atoms with Crippen molar-refractivity contribution < 1.29 is 0 Å². The quantitative estimate of drug-likeness (QED) is 0.719. The first kappa shape index (κ1) is 20.8. The molecule has 0 saturated carbocycles. The summed E-state index contributed by atoms with van der Waals surface area (Å²) in [5.74, 6) is 2.51. The zero-order valence-electron chi connectivity index (χ0n) is 18.2. The SMILES string of the molecule is CC(C)(C)NC(=S)Nc1nc(N2CCCCC2)cc(N2CCc3ccccc3C2)n1. The van der Waals surface area contributed by atoms with Gasteiger partial charge in [-0.1, -0.05) is 24.3 Å². The number of anilines is 3. The molecule has 0 aliphatic carbocycles. The fraction of sp³-hybridized carbons (Fsp3) is 0.522. The van der Waals surface area contributed by atoms with Gasteiger partial charge in [0, 0.05) is 37.8 Å². The zero-order chi connectivity index (χ0) is 21.1. The molecular weight excluding hydrogens is 392 g/mol. The molecule has 0 spiro atoms. The molecule has 1 aromatic heterocycles. The van der Waals surface area contributed by atoms with Gasteiger partial charge < -0.3 is 20.4 Å². The van der Waals surface area contributed by atoms with Gasteiger partial charge in [-0.2, -0.15) is 9.97 Å². The van der Waals surface area contributed by atoms with Crippen molar-refractivity contribution in [1.82, 2.24) is 15.3 Å². The molecule has 0 atom stereocenters. The van der Waals surface area contributed by atoms with E-state index in [0.29, 0.717) is 11.1 Å². The second-order valence-electron chi connectivity index (χ2n) is 9.23. The van der Waals surface area contributed by atoms with Gasteiger partial charge in [-0.25, -0.2) is 0 Å². The predicted molar refractivity (Wildman–Crippen MR) is 128 cm³/mol. The van der Waals surface area contributed by atoms with Crippen molar-refractivity contribution in [3.8, 4) is 0 Å². The molecule has 3 heterocycles. The first-order chi connectivity index (χ1) is 14.4. The van der Waals surface area contributed by atoms with Crippen molar-refractivity contribution in [1.29, 1.82) is 0 Å². The van der Waals surface area contributed by atoms with Crippen LogP contribution in [0.5, 0.6) is 0 Å². The van der Waals surface area contributed by atoms with Gasteiger partial charge in [0.25, 0.3) is 0 Å². The summed E-state index contributed by atoms with van der Waals surface area (Å²) >= 11 is 5.51. The van der Waals surface area contributed by atoms with Crippen LogP contribution in [0, 0.1) is 0 Å². The van der Waals surface area contributed by atoms with Crippen molar-refractivity contribution in [3.63, 3.8) is 0 Å². The van der Waals surface area contributed by atoms with Crippen LogP contribution in [0.15, 0.2) is 30.3 Å². The second kappa shape index (κ2) is 8.76. The average Bonchev–Trinajstić information content (AvgIpc) is 2.72. The third-order valence-corrected chi connectivity index (χ3v) is 5.75. The van der Waals surface area contributed by atoms with E-state index in [1.54, 1.807) is 0 Å². The van der Waals surface area contributed by atoms with E-state index in [2.05, 4.69) is 71.5 Å². The third-order valence-electron chi connectivity index (χ3n) is 5.55. The molecule has 1 aromatic carbocycles. The highest BCUT2D eigenvalue weighted by molar-refractivity contribution is 7.80. The number of piperidine rings is 1. The molecule has 7 heteroatoms. The van der Waals surface area contributed by atoms with Gasteiger partial charge in [-0.3, -0.25) is 0 Å². The highest BCUT2D eigenvalue weighted by atomic mass is 32.1. The summed E-state index contributed by atoms with van der Waals surface area (Å²) in [4.78, 5) is 14.4. The minimum absolute atomic E-state index is 0.117. The van der Waals surface area contributed by atoms with Crippen LogP contribution < -0.4 is 20.4 Å². The Bertz CT molecular complexity index is 901. The number of rotatable bonds is 3. The van der Waals surface area contributed by atoms with E-state index in [1.165, 1.54) is 30.4 Å². The van der Waals surface area contributed by atoms with E-state index >= 15 is 0 Å². The van der Waals surface area contributed by atoms with Crippen molar-refractivity contribution in [2.24, 2.45) is 0 Å². The summed E-state index contributed by atoms with van der Waals surface area (Å²) < 4.78 is 0. The summed E-state index contributed by atoms with van der Waals surface area (Å²) in [5, 5.41) is 7.06. The number of nitrogens with zero attached hydrogens (tertiary/aromatic N) is 4. The highest BCUT2D eigenvalue weighted by Crippen LogP contribution is 2.28. The maximum absolute atomic E-state index is 5.51. The molecule has 1 saturated heterocycles. The number of hydrogen-bond acceptors (Lipinski definition) is 5. The third kappa shape index (κ3) is 5.19. The first-order valence-electron chi connectivity index (χ1n) is 10.9. The lowest BCUT2D eigenvalue weighted by Crippen LogP contribution is -2.43. The van der Waals surface area contributed by atoms with Gasteiger partial charge in [0.05, 0.1) is 0 Å². The molecule has 0 radical (unpaired) electrons. The smallest absolute Gasteiger partial charge is 0.232 e. The maximum Gasteiger partial charge on any atom is 0.232 e. The fourth-order valence-corrected chi connectivity index (χ4v) is 4.49. The number of fused-ring (bicyclic) bond motifs is 1. The lowest BCUT2D eigenvalue weighted by Gasteiger charge is -2.32.